The first-order valence-corrected chi connectivity index (χ1v) is 7.03. The van der Waals surface area contributed by atoms with E-state index in [1.165, 1.54) is 12.8 Å². The van der Waals surface area contributed by atoms with Gasteiger partial charge in [-0.25, -0.2) is 0 Å². The normalized spacial score (nSPS) is 24.6. The summed E-state index contributed by atoms with van der Waals surface area (Å²) in [5.74, 6) is -1.12. The highest BCUT2D eigenvalue weighted by Crippen LogP contribution is 2.34. The summed E-state index contributed by atoms with van der Waals surface area (Å²) in [6.45, 7) is 2.43. The van der Waals surface area contributed by atoms with Crippen LogP contribution in [0.25, 0.3) is 0 Å². The van der Waals surface area contributed by atoms with Crippen LogP contribution in [0, 0.1) is 5.92 Å². The first kappa shape index (κ1) is 15.1. The Balaban J connectivity index is 1.78. The molecule has 0 spiro atoms. The van der Waals surface area contributed by atoms with Crippen LogP contribution in [-0.4, -0.2) is 56.5 Å². The summed E-state index contributed by atoms with van der Waals surface area (Å²) in [4.78, 5) is 2.14. The lowest BCUT2D eigenvalue weighted by Crippen LogP contribution is -2.50. The van der Waals surface area contributed by atoms with E-state index < -0.39 is 12.1 Å². The van der Waals surface area contributed by atoms with Crippen molar-refractivity contribution in [3.8, 4) is 0 Å². The molecule has 1 saturated carbocycles. The fourth-order valence-corrected chi connectivity index (χ4v) is 2.67. The molecule has 0 radical (unpaired) electrons. The Labute approximate surface area is 112 Å². The number of piperidine rings is 1. The van der Waals surface area contributed by atoms with Crippen LogP contribution in [0.15, 0.2) is 0 Å². The van der Waals surface area contributed by atoms with Gasteiger partial charge in [0.25, 0.3) is 0 Å². The van der Waals surface area contributed by atoms with E-state index in [2.05, 4.69) is 10.2 Å². The molecule has 1 aliphatic carbocycles. The minimum absolute atomic E-state index is 0.194. The topological polar surface area (TPSA) is 24.5 Å². The number of nitrogens with zero attached hydrogens (tertiary/aromatic N) is 1. The molecule has 2 rings (SSSR count). The minimum atomic E-state index is -4.03. The predicted octanol–water partition coefficient (Wildman–Crippen LogP) is 2.03. The number of nitrogens with one attached hydrogen (secondary N) is 1. The molecule has 1 N–H and O–H groups in total. The Bertz CT molecular complexity index is 274. The van der Waals surface area contributed by atoms with Crippen molar-refractivity contribution in [3.05, 3.63) is 0 Å². The van der Waals surface area contributed by atoms with Gasteiger partial charge in [-0.05, 0) is 38.8 Å². The summed E-state index contributed by atoms with van der Waals surface area (Å²) in [5, 5.41) is 3.44. The number of halogens is 3. The zero-order valence-electron chi connectivity index (χ0n) is 11.4. The highest BCUT2D eigenvalue weighted by atomic mass is 19.4. The SMILES string of the molecule is COCC(CNC1CC1)N1CCC(C(F)(F)F)CC1. The monoisotopic (exact) mass is 280 g/mol. The van der Waals surface area contributed by atoms with Crippen LogP contribution in [-0.2, 0) is 4.74 Å². The molecular formula is C13H23F3N2O. The average molecular weight is 280 g/mol. The fraction of sp³-hybridized carbons (Fsp3) is 1.00. The van der Waals surface area contributed by atoms with Gasteiger partial charge in [0, 0.05) is 25.7 Å². The number of hydrogen-bond acceptors (Lipinski definition) is 3. The van der Waals surface area contributed by atoms with Crippen LogP contribution in [0.1, 0.15) is 25.7 Å². The van der Waals surface area contributed by atoms with Crippen LogP contribution < -0.4 is 5.32 Å². The maximum Gasteiger partial charge on any atom is 0.391 e. The number of hydrogen-bond donors (Lipinski definition) is 1. The van der Waals surface area contributed by atoms with Gasteiger partial charge in [0.2, 0.25) is 0 Å². The Morgan fingerprint density at radius 1 is 1.21 bits per heavy atom. The Morgan fingerprint density at radius 2 is 1.84 bits per heavy atom. The molecule has 0 aromatic heterocycles. The summed E-state index contributed by atoms with van der Waals surface area (Å²) in [6.07, 6.45) is -1.17. The molecular weight excluding hydrogens is 257 g/mol. The zero-order chi connectivity index (χ0) is 13.9. The molecule has 0 bridgehead atoms. The third-order valence-electron chi connectivity index (χ3n) is 4.09. The second-order valence-electron chi connectivity index (χ2n) is 5.64. The van der Waals surface area contributed by atoms with Gasteiger partial charge in [0.05, 0.1) is 12.5 Å². The van der Waals surface area contributed by atoms with Crippen molar-refractivity contribution in [1.82, 2.24) is 10.2 Å². The van der Waals surface area contributed by atoms with Crippen molar-refractivity contribution in [3.63, 3.8) is 0 Å². The summed E-state index contributed by atoms with van der Waals surface area (Å²) >= 11 is 0. The van der Waals surface area contributed by atoms with Gasteiger partial charge >= 0.3 is 6.18 Å². The summed E-state index contributed by atoms with van der Waals surface area (Å²) < 4.78 is 43.1. The van der Waals surface area contributed by atoms with Gasteiger partial charge in [-0.3, -0.25) is 4.90 Å². The highest BCUT2D eigenvalue weighted by Gasteiger charge is 2.41. The van der Waals surface area contributed by atoms with E-state index >= 15 is 0 Å². The Morgan fingerprint density at radius 3 is 2.32 bits per heavy atom. The van der Waals surface area contributed by atoms with Crippen LogP contribution in [0.5, 0.6) is 0 Å². The lowest BCUT2D eigenvalue weighted by molar-refractivity contribution is -0.186. The maximum atomic E-state index is 12.6. The Hall–Kier alpha value is -0.330. The van der Waals surface area contributed by atoms with E-state index in [-0.39, 0.29) is 18.9 Å². The third kappa shape index (κ3) is 4.61. The van der Waals surface area contributed by atoms with Crippen molar-refractivity contribution >= 4 is 0 Å². The van der Waals surface area contributed by atoms with Crippen molar-refractivity contribution in [2.45, 2.75) is 43.9 Å². The van der Waals surface area contributed by atoms with Crippen LogP contribution in [0.4, 0.5) is 13.2 Å². The number of ether oxygens (including phenoxy) is 1. The van der Waals surface area contributed by atoms with Crippen LogP contribution in [0.2, 0.25) is 0 Å². The molecule has 2 aliphatic rings. The van der Waals surface area contributed by atoms with Gasteiger partial charge < -0.3 is 10.1 Å². The minimum Gasteiger partial charge on any atom is -0.383 e. The van der Waals surface area contributed by atoms with E-state index in [1.54, 1.807) is 7.11 Å². The third-order valence-corrected chi connectivity index (χ3v) is 4.09. The first-order valence-electron chi connectivity index (χ1n) is 7.03. The van der Waals surface area contributed by atoms with Crippen LogP contribution >= 0.6 is 0 Å². The van der Waals surface area contributed by atoms with Crippen LogP contribution in [0.3, 0.4) is 0 Å². The van der Waals surface area contributed by atoms with E-state index in [0.29, 0.717) is 25.7 Å². The average Bonchev–Trinajstić information content (AvgIpc) is 3.17. The van der Waals surface area contributed by atoms with E-state index in [9.17, 15) is 13.2 Å². The molecule has 0 amide bonds. The standard InChI is InChI=1S/C13H23F3N2O/c1-19-9-12(8-17-11-2-3-11)18-6-4-10(5-7-18)13(14,15)16/h10-12,17H,2-9H2,1H3. The molecule has 3 nitrogen and oxygen atoms in total. The lowest BCUT2D eigenvalue weighted by atomic mass is 9.95. The van der Waals surface area contributed by atoms with Gasteiger partial charge in [-0.1, -0.05) is 0 Å². The molecule has 1 heterocycles. The molecule has 0 aromatic carbocycles. The van der Waals surface area contributed by atoms with E-state index in [0.717, 1.165) is 6.54 Å². The first-order chi connectivity index (χ1) is 9.00. The summed E-state index contributed by atoms with van der Waals surface area (Å²) in [5.41, 5.74) is 0. The van der Waals surface area contributed by atoms with Gasteiger partial charge in [0.15, 0.2) is 0 Å². The van der Waals surface area contributed by atoms with Gasteiger partial charge in [-0.2, -0.15) is 13.2 Å². The summed E-state index contributed by atoms with van der Waals surface area (Å²) in [6, 6.07) is 0.812. The Kier molecular flexibility index (Phi) is 5.09. The quantitative estimate of drug-likeness (QED) is 0.805. The second kappa shape index (κ2) is 6.41. The van der Waals surface area contributed by atoms with Crippen molar-refractivity contribution in [1.29, 1.82) is 0 Å². The fourth-order valence-electron chi connectivity index (χ4n) is 2.67. The van der Waals surface area contributed by atoms with Crippen molar-refractivity contribution in [2.24, 2.45) is 5.92 Å². The number of likely N-dealkylation sites (tertiary alicyclic amines) is 1. The van der Waals surface area contributed by atoms with Crippen molar-refractivity contribution < 1.29 is 17.9 Å². The highest BCUT2D eigenvalue weighted by molar-refractivity contribution is 4.86. The second-order valence-corrected chi connectivity index (χ2v) is 5.64. The molecule has 6 heteroatoms. The number of rotatable bonds is 6. The van der Waals surface area contributed by atoms with Crippen molar-refractivity contribution in [2.75, 3.05) is 33.4 Å². The molecule has 112 valence electrons. The van der Waals surface area contributed by atoms with E-state index in [1.807, 2.05) is 0 Å². The number of alkyl halides is 3. The molecule has 1 atom stereocenters. The number of methoxy groups -OCH3 is 1. The molecule has 0 aromatic rings. The molecule has 1 unspecified atom stereocenters. The maximum absolute atomic E-state index is 12.6. The smallest absolute Gasteiger partial charge is 0.383 e. The zero-order valence-corrected chi connectivity index (χ0v) is 11.4. The largest absolute Gasteiger partial charge is 0.391 e. The summed E-state index contributed by atoms with van der Waals surface area (Å²) in [7, 11) is 1.65. The van der Waals surface area contributed by atoms with Gasteiger partial charge in [-0.15, -0.1) is 0 Å². The van der Waals surface area contributed by atoms with E-state index in [4.69, 9.17) is 4.74 Å². The predicted molar refractivity (Wildman–Crippen MR) is 67.0 cm³/mol. The van der Waals surface area contributed by atoms with Gasteiger partial charge in [0.1, 0.15) is 0 Å². The lowest BCUT2D eigenvalue weighted by Gasteiger charge is -2.38. The molecule has 1 saturated heterocycles. The molecule has 19 heavy (non-hydrogen) atoms. The molecule has 2 fully saturated rings. The molecule has 1 aliphatic heterocycles.